The Morgan fingerprint density at radius 2 is 1.69 bits per heavy atom. The lowest BCUT2D eigenvalue weighted by Gasteiger charge is -2.12. The van der Waals surface area contributed by atoms with Crippen molar-refractivity contribution in [2.45, 2.75) is 6.92 Å². The highest BCUT2D eigenvalue weighted by Gasteiger charge is 2.14. The number of aromatic nitrogens is 5. The van der Waals surface area contributed by atoms with E-state index < -0.39 is 0 Å². The first-order valence-electron chi connectivity index (χ1n) is 8.13. The summed E-state index contributed by atoms with van der Waals surface area (Å²) in [6.45, 7) is 1.95. The minimum atomic E-state index is -0.252. The van der Waals surface area contributed by atoms with Crippen LogP contribution < -0.4 is 5.56 Å². The Bertz CT molecular complexity index is 1170. The van der Waals surface area contributed by atoms with E-state index in [4.69, 9.17) is 0 Å². The van der Waals surface area contributed by atoms with Crippen LogP contribution in [-0.2, 0) is 0 Å². The first-order chi connectivity index (χ1) is 12.7. The van der Waals surface area contributed by atoms with Gasteiger partial charge in [-0.05, 0) is 42.8 Å². The molecule has 0 radical (unpaired) electrons. The molecule has 0 amide bonds. The third-order valence-electron chi connectivity index (χ3n) is 3.98. The molecule has 126 valence electrons. The quantitative estimate of drug-likeness (QED) is 0.572. The number of nitrogens with zero attached hydrogens (tertiary/aromatic N) is 5. The van der Waals surface area contributed by atoms with E-state index in [9.17, 15) is 4.79 Å². The summed E-state index contributed by atoms with van der Waals surface area (Å²) in [5, 5.41) is 0. The Hall–Kier alpha value is -3.67. The van der Waals surface area contributed by atoms with Gasteiger partial charge in [0.05, 0.1) is 11.4 Å². The van der Waals surface area contributed by atoms with Crippen LogP contribution in [0, 0.1) is 6.92 Å². The van der Waals surface area contributed by atoms with Crippen molar-refractivity contribution in [2.75, 3.05) is 0 Å². The summed E-state index contributed by atoms with van der Waals surface area (Å²) in [6, 6.07) is 13.3. The monoisotopic (exact) mass is 341 g/mol. The van der Waals surface area contributed by atoms with Crippen molar-refractivity contribution in [1.82, 2.24) is 24.5 Å². The smallest absolute Gasteiger partial charge is 0.266 e. The Morgan fingerprint density at radius 1 is 0.885 bits per heavy atom. The molecule has 3 aromatic heterocycles. The Morgan fingerprint density at radius 3 is 2.50 bits per heavy atom. The highest BCUT2D eigenvalue weighted by atomic mass is 16.1. The van der Waals surface area contributed by atoms with E-state index in [-0.39, 0.29) is 11.1 Å². The fourth-order valence-corrected chi connectivity index (χ4v) is 2.73. The van der Waals surface area contributed by atoms with Crippen molar-refractivity contribution < 1.29 is 0 Å². The van der Waals surface area contributed by atoms with E-state index in [0.717, 1.165) is 16.9 Å². The average Bonchev–Trinajstić information content (AvgIpc) is 2.68. The topological polar surface area (TPSA) is 73.6 Å². The summed E-state index contributed by atoms with van der Waals surface area (Å²) < 4.78 is 1.56. The molecule has 4 aromatic rings. The van der Waals surface area contributed by atoms with E-state index in [1.165, 1.54) is 12.4 Å². The molecule has 0 bridgehead atoms. The molecule has 0 spiro atoms. The number of para-hydroxylation sites is 1. The van der Waals surface area contributed by atoms with E-state index in [1.807, 2.05) is 55.5 Å². The van der Waals surface area contributed by atoms with E-state index in [1.54, 1.807) is 16.8 Å². The lowest BCUT2D eigenvalue weighted by atomic mass is 10.2. The predicted octanol–water partition coefficient (Wildman–Crippen LogP) is 3.05. The highest BCUT2D eigenvalue weighted by Crippen LogP contribution is 2.16. The molecule has 0 aliphatic rings. The van der Waals surface area contributed by atoms with Crippen LogP contribution in [0.15, 0.2) is 65.8 Å². The molecule has 26 heavy (non-hydrogen) atoms. The van der Waals surface area contributed by atoms with Crippen LogP contribution in [0.5, 0.6) is 0 Å². The number of pyridine rings is 1. The van der Waals surface area contributed by atoms with Gasteiger partial charge >= 0.3 is 0 Å². The maximum atomic E-state index is 13.1. The lowest BCUT2D eigenvalue weighted by Crippen LogP contribution is -2.24. The third kappa shape index (κ3) is 2.88. The van der Waals surface area contributed by atoms with Crippen molar-refractivity contribution in [3.63, 3.8) is 0 Å². The van der Waals surface area contributed by atoms with Crippen molar-refractivity contribution in [3.8, 4) is 5.69 Å². The van der Waals surface area contributed by atoms with Gasteiger partial charge in [-0.15, -0.1) is 0 Å². The van der Waals surface area contributed by atoms with Gasteiger partial charge in [0.25, 0.3) is 5.56 Å². The number of aryl methyl sites for hydroxylation is 1. The molecular formula is C20H15N5O. The maximum Gasteiger partial charge on any atom is 0.286 e. The molecule has 0 atom stereocenters. The van der Waals surface area contributed by atoms with Crippen LogP contribution in [0.1, 0.15) is 17.1 Å². The van der Waals surface area contributed by atoms with E-state index in [2.05, 4.69) is 19.9 Å². The van der Waals surface area contributed by atoms with Gasteiger partial charge in [-0.1, -0.05) is 24.3 Å². The van der Waals surface area contributed by atoms with Crippen molar-refractivity contribution in [3.05, 3.63) is 88.5 Å². The Kier molecular flexibility index (Phi) is 4.07. The second kappa shape index (κ2) is 6.68. The average molecular weight is 341 g/mol. The van der Waals surface area contributed by atoms with Crippen molar-refractivity contribution in [1.29, 1.82) is 0 Å². The summed E-state index contributed by atoms with van der Waals surface area (Å²) in [7, 11) is 0. The van der Waals surface area contributed by atoms with Gasteiger partial charge in [-0.25, -0.2) is 15.0 Å². The normalized spacial score (nSPS) is 11.3. The predicted molar refractivity (Wildman–Crippen MR) is 101 cm³/mol. The van der Waals surface area contributed by atoms with Crippen LogP contribution in [0.3, 0.4) is 0 Å². The van der Waals surface area contributed by atoms with Gasteiger partial charge in [-0.2, -0.15) is 0 Å². The molecule has 0 fully saturated rings. The molecule has 0 unspecified atom stereocenters. The summed E-state index contributed by atoms with van der Waals surface area (Å²) in [5.74, 6) is 0.475. The second-order valence-electron chi connectivity index (χ2n) is 5.71. The third-order valence-corrected chi connectivity index (χ3v) is 3.98. The van der Waals surface area contributed by atoms with Crippen LogP contribution in [0.2, 0.25) is 0 Å². The van der Waals surface area contributed by atoms with Crippen molar-refractivity contribution in [2.24, 2.45) is 0 Å². The van der Waals surface area contributed by atoms with Gasteiger partial charge in [0.1, 0.15) is 5.82 Å². The van der Waals surface area contributed by atoms with Crippen LogP contribution in [0.4, 0.5) is 0 Å². The molecule has 0 saturated carbocycles. The van der Waals surface area contributed by atoms with Crippen LogP contribution >= 0.6 is 0 Å². The lowest BCUT2D eigenvalue weighted by molar-refractivity contribution is 0.920. The van der Waals surface area contributed by atoms with Gasteiger partial charge in [0, 0.05) is 18.6 Å². The van der Waals surface area contributed by atoms with Gasteiger partial charge in [0.15, 0.2) is 11.2 Å². The van der Waals surface area contributed by atoms with Gasteiger partial charge in [0.2, 0.25) is 0 Å². The molecular weight excluding hydrogens is 326 g/mol. The molecule has 1 aromatic carbocycles. The number of hydrogen-bond acceptors (Lipinski definition) is 5. The van der Waals surface area contributed by atoms with E-state index in [0.29, 0.717) is 11.5 Å². The van der Waals surface area contributed by atoms with Crippen molar-refractivity contribution >= 4 is 23.3 Å². The molecule has 0 saturated heterocycles. The summed E-state index contributed by atoms with van der Waals surface area (Å²) >= 11 is 0. The first kappa shape index (κ1) is 15.8. The molecule has 3 heterocycles. The van der Waals surface area contributed by atoms with Gasteiger partial charge in [-0.3, -0.25) is 14.3 Å². The van der Waals surface area contributed by atoms with Gasteiger partial charge < -0.3 is 0 Å². The number of rotatable bonds is 3. The Labute approximate surface area is 149 Å². The second-order valence-corrected chi connectivity index (χ2v) is 5.71. The zero-order chi connectivity index (χ0) is 17.9. The molecule has 6 nitrogen and oxygen atoms in total. The van der Waals surface area contributed by atoms with E-state index >= 15 is 0 Å². The van der Waals surface area contributed by atoms with Crippen LogP contribution in [-0.4, -0.2) is 24.5 Å². The SMILES string of the molecule is Cc1ccccc1-n1c(/C=C/c2ccccn2)nc2nccnc2c1=O. The zero-order valence-corrected chi connectivity index (χ0v) is 14.1. The molecule has 0 aliphatic heterocycles. The minimum absolute atomic E-state index is 0.241. The summed E-state index contributed by atoms with van der Waals surface area (Å²) in [5.41, 5.74) is 2.81. The maximum absolute atomic E-state index is 13.1. The highest BCUT2D eigenvalue weighted by molar-refractivity contribution is 5.73. The first-order valence-corrected chi connectivity index (χ1v) is 8.13. The minimum Gasteiger partial charge on any atom is -0.266 e. The number of benzene rings is 1. The fraction of sp³-hybridized carbons (Fsp3) is 0.0500. The molecule has 0 aliphatic carbocycles. The Balaban J connectivity index is 1.99. The summed E-state index contributed by atoms with van der Waals surface area (Å²) in [4.78, 5) is 30.2. The molecule has 0 N–H and O–H groups in total. The standard InChI is InChI=1S/C20H15N5O/c1-14-6-2-3-8-16(14)25-17(10-9-15-7-4-5-11-21-15)24-19-18(20(25)26)22-12-13-23-19/h2-13H,1H3/b10-9+. The fourth-order valence-electron chi connectivity index (χ4n) is 2.73. The van der Waals surface area contributed by atoms with Crippen LogP contribution in [0.25, 0.3) is 29.0 Å². The number of hydrogen-bond donors (Lipinski definition) is 0. The largest absolute Gasteiger partial charge is 0.286 e. The summed E-state index contributed by atoms with van der Waals surface area (Å²) in [6.07, 6.45) is 8.33. The zero-order valence-electron chi connectivity index (χ0n) is 14.1. The molecule has 4 rings (SSSR count). The molecule has 6 heteroatoms. The number of fused-ring (bicyclic) bond motifs is 1.